The molecule has 4 nitrogen and oxygen atoms in total. The van der Waals surface area contributed by atoms with Gasteiger partial charge in [-0.25, -0.2) is 4.79 Å². The maximum absolute atomic E-state index is 10.9. The summed E-state index contributed by atoms with van der Waals surface area (Å²) in [6.07, 6.45) is 2.29. The molecule has 1 aromatic heterocycles. The molecule has 0 amide bonds. The highest BCUT2D eigenvalue weighted by Gasteiger charge is 2.14. The molecule has 2 N–H and O–H groups in total. The van der Waals surface area contributed by atoms with Crippen LogP contribution in [0.5, 0.6) is 0 Å². The summed E-state index contributed by atoms with van der Waals surface area (Å²) in [5, 5.41) is 12.3. The summed E-state index contributed by atoms with van der Waals surface area (Å²) in [6, 6.07) is 2.00. The van der Waals surface area contributed by atoms with Crippen molar-refractivity contribution < 1.29 is 14.3 Å². The topological polar surface area (TPSA) is 62.5 Å². The third-order valence-electron chi connectivity index (χ3n) is 3.28. The second-order valence-corrected chi connectivity index (χ2v) is 5.02. The Kier molecular flexibility index (Phi) is 5.41. The first-order valence-corrected chi connectivity index (χ1v) is 6.50. The molecule has 0 radical (unpaired) electrons. The van der Waals surface area contributed by atoms with Crippen molar-refractivity contribution in [2.75, 3.05) is 0 Å². The summed E-state index contributed by atoms with van der Waals surface area (Å²) in [5.74, 6) is 0.908. The fourth-order valence-electron chi connectivity index (χ4n) is 1.97. The average Bonchev–Trinajstić information content (AvgIpc) is 2.68. The van der Waals surface area contributed by atoms with Gasteiger partial charge >= 0.3 is 5.97 Å². The molecule has 2 unspecified atom stereocenters. The van der Waals surface area contributed by atoms with Crippen molar-refractivity contribution in [1.29, 1.82) is 0 Å². The quantitative estimate of drug-likeness (QED) is 0.783. The van der Waals surface area contributed by atoms with Crippen LogP contribution in [0.2, 0.25) is 0 Å². The molecule has 0 aliphatic rings. The second-order valence-electron chi connectivity index (χ2n) is 5.02. The molecular formula is C14H23NO3. The molecule has 0 fully saturated rings. The molecule has 0 aliphatic carbocycles. The van der Waals surface area contributed by atoms with Crippen LogP contribution >= 0.6 is 0 Å². The van der Waals surface area contributed by atoms with E-state index in [4.69, 9.17) is 9.52 Å². The molecule has 0 aromatic carbocycles. The monoisotopic (exact) mass is 253 g/mol. The second kappa shape index (κ2) is 6.59. The zero-order valence-electron chi connectivity index (χ0n) is 11.6. The first kappa shape index (κ1) is 14.8. The Morgan fingerprint density at radius 1 is 1.50 bits per heavy atom. The van der Waals surface area contributed by atoms with Crippen molar-refractivity contribution >= 4 is 5.97 Å². The van der Waals surface area contributed by atoms with Crippen molar-refractivity contribution in [3.8, 4) is 0 Å². The van der Waals surface area contributed by atoms with E-state index in [1.165, 1.54) is 6.42 Å². The van der Waals surface area contributed by atoms with Crippen molar-refractivity contribution in [1.82, 2.24) is 5.32 Å². The van der Waals surface area contributed by atoms with Gasteiger partial charge < -0.3 is 14.8 Å². The van der Waals surface area contributed by atoms with Crippen molar-refractivity contribution in [2.45, 2.75) is 53.1 Å². The van der Waals surface area contributed by atoms with Crippen molar-refractivity contribution in [2.24, 2.45) is 5.92 Å². The maximum Gasteiger partial charge on any atom is 0.339 e. The minimum absolute atomic E-state index is 0.251. The van der Waals surface area contributed by atoms with Gasteiger partial charge in [-0.1, -0.05) is 20.3 Å². The van der Waals surface area contributed by atoms with E-state index in [1.54, 1.807) is 13.0 Å². The fraction of sp³-hybridized carbons (Fsp3) is 0.643. The van der Waals surface area contributed by atoms with Gasteiger partial charge in [0, 0.05) is 6.04 Å². The van der Waals surface area contributed by atoms with Gasteiger partial charge in [0.2, 0.25) is 0 Å². The normalized spacial score (nSPS) is 14.4. The molecule has 0 saturated heterocycles. The number of hydrogen-bond acceptors (Lipinski definition) is 3. The molecule has 1 heterocycles. The van der Waals surface area contributed by atoms with E-state index >= 15 is 0 Å². The number of carboxylic acids is 1. The Balaban J connectivity index is 2.48. The molecular weight excluding hydrogens is 230 g/mol. The highest BCUT2D eigenvalue weighted by molar-refractivity contribution is 5.88. The fourth-order valence-corrected chi connectivity index (χ4v) is 1.97. The summed E-state index contributed by atoms with van der Waals surface area (Å²) >= 11 is 0. The van der Waals surface area contributed by atoms with E-state index in [9.17, 15) is 4.79 Å². The number of hydrogen-bond donors (Lipinski definition) is 2. The SMILES string of the molecule is CCC(C)CC(C)NCc1cc(C(=O)O)c(C)o1. The summed E-state index contributed by atoms with van der Waals surface area (Å²) in [7, 11) is 0. The minimum atomic E-state index is -0.935. The number of rotatable bonds is 7. The molecule has 102 valence electrons. The van der Waals surface area contributed by atoms with Crippen LogP contribution in [-0.2, 0) is 6.54 Å². The summed E-state index contributed by atoms with van der Waals surface area (Å²) in [5.41, 5.74) is 0.251. The van der Waals surface area contributed by atoms with E-state index in [0.717, 1.165) is 6.42 Å². The predicted octanol–water partition coefficient (Wildman–Crippen LogP) is 3.20. The average molecular weight is 253 g/mol. The highest BCUT2D eigenvalue weighted by atomic mass is 16.4. The van der Waals surface area contributed by atoms with E-state index in [-0.39, 0.29) is 5.56 Å². The first-order valence-electron chi connectivity index (χ1n) is 6.50. The molecule has 0 spiro atoms. The number of aromatic carboxylic acids is 1. The third-order valence-corrected chi connectivity index (χ3v) is 3.28. The Morgan fingerprint density at radius 2 is 2.17 bits per heavy atom. The standard InChI is InChI=1S/C14H23NO3/c1-5-9(2)6-10(3)15-8-12-7-13(14(16)17)11(4)18-12/h7,9-10,15H,5-6,8H2,1-4H3,(H,16,17). The van der Waals surface area contributed by atoms with Gasteiger partial charge in [-0.05, 0) is 32.3 Å². The Labute approximate surface area is 108 Å². The van der Waals surface area contributed by atoms with Crippen LogP contribution in [0.3, 0.4) is 0 Å². The molecule has 0 bridgehead atoms. The van der Waals surface area contributed by atoms with Crippen LogP contribution in [0.15, 0.2) is 10.5 Å². The zero-order chi connectivity index (χ0) is 13.7. The van der Waals surface area contributed by atoms with Gasteiger partial charge in [-0.15, -0.1) is 0 Å². The summed E-state index contributed by atoms with van der Waals surface area (Å²) in [6.45, 7) is 8.81. The molecule has 0 saturated carbocycles. The van der Waals surface area contributed by atoms with Gasteiger partial charge in [0.25, 0.3) is 0 Å². The molecule has 4 heteroatoms. The van der Waals surface area contributed by atoms with Crippen LogP contribution in [0.1, 0.15) is 55.5 Å². The highest BCUT2D eigenvalue weighted by Crippen LogP contribution is 2.15. The molecule has 18 heavy (non-hydrogen) atoms. The smallest absolute Gasteiger partial charge is 0.339 e. The Bertz CT molecular complexity index is 398. The first-order chi connectivity index (χ1) is 8.43. The van der Waals surface area contributed by atoms with Gasteiger partial charge in [0.05, 0.1) is 6.54 Å². The Hall–Kier alpha value is -1.29. The maximum atomic E-state index is 10.9. The zero-order valence-corrected chi connectivity index (χ0v) is 11.6. The van der Waals surface area contributed by atoms with Crippen LogP contribution < -0.4 is 5.32 Å². The van der Waals surface area contributed by atoms with Crippen molar-refractivity contribution in [3.05, 3.63) is 23.2 Å². The van der Waals surface area contributed by atoms with E-state index < -0.39 is 5.97 Å². The van der Waals surface area contributed by atoms with Crippen LogP contribution in [0.25, 0.3) is 0 Å². The lowest BCUT2D eigenvalue weighted by Gasteiger charge is -2.16. The lowest BCUT2D eigenvalue weighted by Crippen LogP contribution is -2.27. The molecule has 1 aromatic rings. The third kappa shape index (κ3) is 4.18. The number of aryl methyl sites for hydroxylation is 1. The predicted molar refractivity (Wildman–Crippen MR) is 70.8 cm³/mol. The van der Waals surface area contributed by atoms with Crippen LogP contribution in [0.4, 0.5) is 0 Å². The minimum Gasteiger partial charge on any atom is -0.478 e. The Morgan fingerprint density at radius 3 is 2.67 bits per heavy atom. The summed E-state index contributed by atoms with van der Waals surface area (Å²) in [4.78, 5) is 10.9. The van der Waals surface area contributed by atoms with E-state index in [0.29, 0.717) is 30.0 Å². The molecule has 1 rings (SSSR count). The summed E-state index contributed by atoms with van der Waals surface area (Å²) < 4.78 is 5.41. The van der Waals surface area contributed by atoms with Gasteiger partial charge in [0.1, 0.15) is 17.1 Å². The lowest BCUT2D eigenvalue weighted by molar-refractivity contribution is 0.0695. The largest absolute Gasteiger partial charge is 0.478 e. The van der Waals surface area contributed by atoms with E-state index in [2.05, 4.69) is 26.1 Å². The van der Waals surface area contributed by atoms with Crippen LogP contribution in [-0.4, -0.2) is 17.1 Å². The number of furan rings is 1. The van der Waals surface area contributed by atoms with Gasteiger partial charge in [-0.3, -0.25) is 0 Å². The van der Waals surface area contributed by atoms with Gasteiger partial charge in [-0.2, -0.15) is 0 Å². The van der Waals surface area contributed by atoms with Crippen molar-refractivity contribution in [3.63, 3.8) is 0 Å². The van der Waals surface area contributed by atoms with Crippen LogP contribution in [0, 0.1) is 12.8 Å². The number of nitrogens with one attached hydrogen (secondary N) is 1. The lowest BCUT2D eigenvalue weighted by atomic mass is 10.0. The number of carboxylic acid groups (broad SMARTS) is 1. The number of carbonyl (C=O) groups is 1. The molecule has 0 aliphatic heterocycles. The van der Waals surface area contributed by atoms with Gasteiger partial charge in [0.15, 0.2) is 0 Å². The van der Waals surface area contributed by atoms with E-state index in [1.807, 2.05) is 0 Å². The molecule has 2 atom stereocenters.